The minimum absolute atomic E-state index is 0.0546. The van der Waals surface area contributed by atoms with E-state index in [1.165, 1.54) is 18.6 Å². The minimum atomic E-state index is -0.585. The molecule has 2 heterocycles. The summed E-state index contributed by atoms with van der Waals surface area (Å²) in [5.41, 5.74) is 4.34. The second-order valence-corrected chi connectivity index (χ2v) is 10.3. The van der Waals surface area contributed by atoms with Gasteiger partial charge in [-0.1, -0.05) is 55.2 Å². The predicted octanol–water partition coefficient (Wildman–Crippen LogP) is 6.53. The Labute approximate surface area is 212 Å². The highest BCUT2D eigenvalue weighted by atomic mass is 19.1. The van der Waals surface area contributed by atoms with E-state index in [0.29, 0.717) is 12.1 Å². The predicted molar refractivity (Wildman–Crippen MR) is 139 cm³/mol. The van der Waals surface area contributed by atoms with E-state index < -0.39 is 5.92 Å². The summed E-state index contributed by atoms with van der Waals surface area (Å²) in [5.74, 6) is -0.516. The van der Waals surface area contributed by atoms with Crippen molar-refractivity contribution >= 4 is 17.5 Å². The van der Waals surface area contributed by atoms with Crippen molar-refractivity contribution in [3.05, 3.63) is 82.3 Å². The smallest absolute Gasteiger partial charge is 0.232 e. The summed E-state index contributed by atoms with van der Waals surface area (Å²) in [4.78, 5) is 29.4. The number of fused-ring (bicyclic) bond motifs is 1. The van der Waals surface area contributed by atoms with Crippen LogP contribution >= 0.6 is 0 Å². The maximum Gasteiger partial charge on any atom is 0.232 e. The number of rotatable bonds is 6. The van der Waals surface area contributed by atoms with Gasteiger partial charge in [0, 0.05) is 30.0 Å². The summed E-state index contributed by atoms with van der Waals surface area (Å²) >= 11 is 0. The summed E-state index contributed by atoms with van der Waals surface area (Å²) in [5, 5.41) is 4.99. The molecular weight excluding hydrogens is 453 g/mol. The number of amides is 1. The molecule has 6 heteroatoms. The van der Waals surface area contributed by atoms with Crippen molar-refractivity contribution in [1.29, 1.82) is 0 Å². The number of hydrogen-bond acceptors (Lipinski definition) is 3. The van der Waals surface area contributed by atoms with Gasteiger partial charge in [-0.2, -0.15) is 5.10 Å². The number of Topliss-reactive ketones (excluding diaryl/α,β-unsaturated/α-hetero) is 1. The summed E-state index contributed by atoms with van der Waals surface area (Å²) in [6, 6.07) is 14.2. The molecule has 1 aliphatic heterocycles. The lowest BCUT2D eigenvalue weighted by Crippen LogP contribution is -2.45. The number of carbonyl (C=O) groups is 2. The average molecular weight is 488 g/mol. The number of hydrogen-bond donors (Lipinski definition) is 0. The van der Waals surface area contributed by atoms with Crippen molar-refractivity contribution < 1.29 is 14.0 Å². The fourth-order valence-corrected chi connectivity index (χ4v) is 6.13. The quantitative estimate of drug-likeness (QED) is 0.371. The third kappa shape index (κ3) is 4.38. The molecular formula is C30H34FN3O2. The lowest BCUT2D eigenvalue weighted by Gasteiger charge is -2.39. The van der Waals surface area contributed by atoms with E-state index in [4.69, 9.17) is 5.10 Å². The molecule has 36 heavy (non-hydrogen) atoms. The zero-order chi connectivity index (χ0) is 25.4. The zero-order valence-corrected chi connectivity index (χ0v) is 21.3. The highest BCUT2D eigenvalue weighted by molar-refractivity contribution is 6.04. The lowest BCUT2D eigenvalue weighted by molar-refractivity contribution is -0.123. The van der Waals surface area contributed by atoms with Crippen LogP contribution in [-0.4, -0.2) is 28.0 Å². The van der Waals surface area contributed by atoms with Crippen LogP contribution in [0.5, 0.6) is 0 Å². The SMILES string of the molecule is CCN1C(=O)[C@@H](CC(=O)c2cccc(C)c2)[C@@H](c2ccc(F)cc2)c2c(C)nn(C3CCCCC3)c21. The molecule has 1 aliphatic carbocycles. The first-order valence-electron chi connectivity index (χ1n) is 13.1. The molecule has 188 valence electrons. The first kappa shape index (κ1) is 24.4. The molecule has 0 N–H and O–H groups in total. The molecule has 2 aromatic carbocycles. The van der Waals surface area contributed by atoms with Crippen molar-refractivity contribution in [2.24, 2.45) is 5.92 Å². The maximum absolute atomic E-state index is 14.1. The third-order valence-electron chi connectivity index (χ3n) is 7.87. The van der Waals surface area contributed by atoms with Crippen LogP contribution in [0.3, 0.4) is 0 Å². The first-order valence-corrected chi connectivity index (χ1v) is 13.1. The topological polar surface area (TPSA) is 55.2 Å². The molecule has 2 atom stereocenters. The number of aryl methyl sites for hydroxylation is 2. The van der Waals surface area contributed by atoms with Crippen molar-refractivity contribution in [1.82, 2.24) is 9.78 Å². The van der Waals surface area contributed by atoms with Gasteiger partial charge in [-0.05, 0) is 57.4 Å². The van der Waals surface area contributed by atoms with Gasteiger partial charge in [0.25, 0.3) is 0 Å². The molecule has 0 bridgehead atoms. The van der Waals surface area contributed by atoms with Crippen molar-refractivity contribution in [3.8, 4) is 0 Å². The van der Waals surface area contributed by atoms with Crippen LogP contribution in [-0.2, 0) is 4.79 Å². The van der Waals surface area contributed by atoms with Gasteiger partial charge in [0.1, 0.15) is 11.6 Å². The van der Waals surface area contributed by atoms with Crippen LogP contribution in [0.25, 0.3) is 0 Å². The second kappa shape index (κ2) is 10.00. The number of anilines is 1. The largest absolute Gasteiger partial charge is 0.297 e. The van der Waals surface area contributed by atoms with E-state index >= 15 is 0 Å². The van der Waals surface area contributed by atoms with Crippen molar-refractivity contribution in [2.75, 3.05) is 11.4 Å². The van der Waals surface area contributed by atoms with Crippen molar-refractivity contribution in [2.45, 2.75) is 71.3 Å². The Bertz CT molecular complexity index is 1270. The van der Waals surface area contributed by atoms with E-state index in [-0.39, 0.29) is 35.9 Å². The van der Waals surface area contributed by atoms with E-state index in [1.807, 2.05) is 49.9 Å². The molecule has 0 spiro atoms. The molecule has 0 radical (unpaired) electrons. The van der Waals surface area contributed by atoms with Crippen LogP contribution in [0.2, 0.25) is 0 Å². The number of aromatic nitrogens is 2. The summed E-state index contributed by atoms with van der Waals surface area (Å²) in [6.45, 7) is 6.44. The third-order valence-corrected chi connectivity index (χ3v) is 7.87. The standard InChI is InChI=1S/C30H34FN3O2/c1-4-33-29-27(20(3)32-34(29)24-11-6-5-7-12-24)28(21-13-15-23(31)16-14-21)25(30(33)36)18-26(35)22-10-8-9-19(2)17-22/h8-10,13-17,24-25,28H,4-7,11-12,18H2,1-3H3/t25-,28+/m0/s1. The van der Waals surface area contributed by atoms with Crippen LogP contribution in [0.1, 0.15) is 90.2 Å². The Morgan fingerprint density at radius 2 is 1.78 bits per heavy atom. The molecule has 5 nitrogen and oxygen atoms in total. The Balaban J connectivity index is 1.64. The molecule has 0 saturated heterocycles. The summed E-state index contributed by atoms with van der Waals surface area (Å²) in [7, 11) is 0. The van der Waals surface area contributed by atoms with Gasteiger partial charge in [0.15, 0.2) is 5.78 Å². The Morgan fingerprint density at radius 1 is 1.06 bits per heavy atom. The number of nitrogens with zero attached hydrogens (tertiary/aromatic N) is 3. The van der Waals surface area contributed by atoms with Crippen molar-refractivity contribution in [3.63, 3.8) is 0 Å². The second-order valence-electron chi connectivity index (χ2n) is 10.3. The molecule has 1 saturated carbocycles. The van der Waals surface area contributed by atoms with Crippen LogP contribution < -0.4 is 4.90 Å². The average Bonchev–Trinajstić information content (AvgIpc) is 3.22. The zero-order valence-electron chi connectivity index (χ0n) is 21.3. The molecule has 5 rings (SSSR count). The molecule has 3 aromatic rings. The highest BCUT2D eigenvalue weighted by Gasteiger charge is 2.45. The molecule has 1 fully saturated rings. The van der Waals surface area contributed by atoms with Gasteiger partial charge in [-0.3, -0.25) is 14.5 Å². The first-order chi connectivity index (χ1) is 17.4. The minimum Gasteiger partial charge on any atom is -0.297 e. The number of ketones is 1. The maximum atomic E-state index is 14.1. The normalized spacial score (nSPS) is 20.4. The van der Waals surface area contributed by atoms with Crippen LogP contribution in [0, 0.1) is 25.6 Å². The molecule has 1 aromatic heterocycles. The molecule has 2 aliphatic rings. The number of carbonyl (C=O) groups excluding carboxylic acids is 2. The van der Waals surface area contributed by atoms with E-state index in [2.05, 4.69) is 4.68 Å². The molecule has 0 unspecified atom stereocenters. The van der Waals surface area contributed by atoms with Gasteiger partial charge in [-0.25, -0.2) is 9.07 Å². The highest BCUT2D eigenvalue weighted by Crippen LogP contribution is 2.48. The number of halogens is 1. The summed E-state index contributed by atoms with van der Waals surface area (Å²) < 4.78 is 16.0. The fourth-order valence-electron chi connectivity index (χ4n) is 6.13. The van der Waals surface area contributed by atoms with Gasteiger partial charge >= 0.3 is 0 Å². The van der Waals surface area contributed by atoms with Gasteiger partial charge in [0.05, 0.1) is 17.7 Å². The van der Waals surface area contributed by atoms with E-state index in [1.54, 1.807) is 12.1 Å². The van der Waals surface area contributed by atoms with E-state index in [0.717, 1.165) is 53.9 Å². The van der Waals surface area contributed by atoms with Gasteiger partial charge < -0.3 is 0 Å². The Hall–Kier alpha value is -3.28. The van der Waals surface area contributed by atoms with E-state index in [9.17, 15) is 14.0 Å². The van der Waals surface area contributed by atoms with Crippen LogP contribution in [0.4, 0.5) is 10.2 Å². The van der Waals surface area contributed by atoms with Gasteiger partial charge in [-0.15, -0.1) is 0 Å². The Kier molecular flexibility index (Phi) is 6.78. The lowest BCUT2D eigenvalue weighted by atomic mass is 9.74. The van der Waals surface area contributed by atoms with Crippen LogP contribution in [0.15, 0.2) is 48.5 Å². The monoisotopic (exact) mass is 487 g/mol. The number of benzene rings is 2. The molecule has 1 amide bonds. The van der Waals surface area contributed by atoms with Gasteiger partial charge in [0.2, 0.25) is 5.91 Å². The summed E-state index contributed by atoms with van der Waals surface area (Å²) in [6.07, 6.45) is 5.75. The fraction of sp³-hybridized carbons (Fsp3) is 0.433. The Morgan fingerprint density at radius 3 is 2.44 bits per heavy atom.